The van der Waals surface area contributed by atoms with Gasteiger partial charge in [-0.15, -0.1) is 0 Å². The molecule has 1 aliphatic carbocycles. The highest BCUT2D eigenvalue weighted by Crippen LogP contribution is 2.26. The van der Waals surface area contributed by atoms with Crippen molar-refractivity contribution in [3.8, 4) is 0 Å². The van der Waals surface area contributed by atoms with Crippen molar-refractivity contribution in [1.82, 2.24) is 4.72 Å². The summed E-state index contributed by atoms with van der Waals surface area (Å²) in [4.78, 5) is 10.7. The molecule has 0 amide bonds. The number of rotatable bonds is 6. The van der Waals surface area contributed by atoms with Gasteiger partial charge in [0.1, 0.15) is 0 Å². The maximum atomic E-state index is 11.9. The van der Waals surface area contributed by atoms with Gasteiger partial charge in [-0.3, -0.25) is 4.79 Å². The standard InChI is InChI=1S/C10H16F3NO4S/c11-10(12,13)4-1-5-19(17,18)14-8-3-2-7(6-8)9(15)16/h7-8,14H,1-6H2,(H,15,16). The molecule has 0 aromatic heterocycles. The molecular formula is C10H16F3NO4S. The van der Waals surface area contributed by atoms with E-state index >= 15 is 0 Å². The lowest BCUT2D eigenvalue weighted by Gasteiger charge is -2.13. The number of alkyl halides is 3. The van der Waals surface area contributed by atoms with Crippen molar-refractivity contribution < 1.29 is 31.5 Å². The van der Waals surface area contributed by atoms with E-state index in [1.165, 1.54) is 0 Å². The number of sulfonamides is 1. The second-order valence-corrected chi connectivity index (χ2v) is 6.57. The second kappa shape index (κ2) is 6.08. The number of nitrogens with one attached hydrogen (secondary N) is 1. The molecule has 2 unspecified atom stereocenters. The van der Waals surface area contributed by atoms with Crippen molar-refractivity contribution in [2.45, 2.75) is 44.3 Å². The number of carboxylic acid groups (broad SMARTS) is 1. The van der Waals surface area contributed by atoms with Crippen LogP contribution in [0.25, 0.3) is 0 Å². The lowest BCUT2D eigenvalue weighted by atomic mass is 10.1. The average Bonchev–Trinajstić information content (AvgIpc) is 2.62. The van der Waals surface area contributed by atoms with E-state index in [2.05, 4.69) is 4.72 Å². The van der Waals surface area contributed by atoms with Gasteiger partial charge in [-0.2, -0.15) is 13.2 Å². The molecule has 5 nitrogen and oxygen atoms in total. The van der Waals surface area contributed by atoms with Crippen molar-refractivity contribution in [2.24, 2.45) is 5.92 Å². The zero-order chi connectivity index (χ0) is 14.7. The summed E-state index contributed by atoms with van der Waals surface area (Å²) < 4.78 is 61.0. The SMILES string of the molecule is O=C(O)C1CCC(NS(=O)(=O)CCCC(F)(F)F)C1. The van der Waals surface area contributed by atoms with Crippen molar-refractivity contribution in [3.05, 3.63) is 0 Å². The molecule has 1 rings (SSSR count). The van der Waals surface area contributed by atoms with E-state index in [4.69, 9.17) is 5.11 Å². The Morgan fingerprint density at radius 1 is 1.32 bits per heavy atom. The second-order valence-electron chi connectivity index (χ2n) is 4.70. The minimum atomic E-state index is -4.36. The molecule has 0 bridgehead atoms. The molecule has 0 saturated heterocycles. The summed E-state index contributed by atoms with van der Waals surface area (Å²) in [5, 5.41) is 8.76. The molecule has 0 aliphatic heterocycles. The monoisotopic (exact) mass is 303 g/mol. The highest BCUT2D eigenvalue weighted by atomic mass is 32.2. The third-order valence-electron chi connectivity index (χ3n) is 3.00. The number of halogens is 3. The van der Waals surface area contributed by atoms with Crippen LogP contribution in [-0.2, 0) is 14.8 Å². The first kappa shape index (κ1) is 16.2. The average molecular weight is 303 g/mol. The maximum Gasteiger partial charge on any atom is 0.389 e. The fourth-order valence-corrected chi connectivity index (χ4v) is 3.45. The lowest BCUT2D eigenvalue weighted by molar-refractivity contribution is -0.141. The highest BCUT2D eigenvalue weighted by Gasteiger charge is 2.32. The Balaban J connectivity index is 2.37. The van der Waals surface area contributed by atoms with Gasteiger partial charge in [-0.1, -0.05) is 0 Å². The van der Waals surface area contributed by atoms with E-state index in [0.29, 0.717) is 12.8 Å². The van der Waals surface area contributed by atoms with Crippen molar-refractivity contribution in [2.75, 3.05) is 5.75 Å². The van der Waals surface area contributed by atoms with Gasteiger partial charge >= 0.3 is 12.1 Å². The summed E-state index contributed by atoms with van der Waals surface area (Å²) in [5.41, 5.74) is 0. The molecule has 1 saturated carbocycles. The van der Waals surface area contributed by atoms with Crippen LogP contribution in [0.2, 0.25) is 0 Å². The van der Waals surface area contributed by atoms with E-state index in [9.17, 15) is 26.4 Å². The molecule has 1 fully saturated rings. The maximum absolute atomic E-state index is 11.9. The Morgan fingerprint density at radius 3 is 2.42 bits per heavy atom. The van der Waals surface area contributed by atoms with Crippen LogP contribution in [0.1, 0.15) is 32.1 Å². The van der Waals surface area contributed by atoms with Crippen LogP contribution in [-0.4, -0.2) is 37.5 Å². The van der Waals surface area contributed by atoms with Gasteiger partial charge in [0, 0.05) is 12.5 Å². The quantitative estimate of drug-likeness (QED) is 0.779. The first-order valence-electron chi connectivity index (χ1n) is 5.88. The Hall–Kier alpha value is -0.830. The Labute approximate surface area is 109 Å². The van der Waals surface area contributed by atoms with Crippen LogP contribution >= 0.6 is 0 Å². The van der Waals surface area contributed by atoms with Gasteiger partial charge in [-0.25, -0.2) is 13.1 Å². The topological polar surface area (TPSA) is 83.5 Å². The summed E-state index contributed by atoms with van der Waals surface area (Å²) in [7, 11) is -3.78. The number of carboxylic acids is 1. The molecule has 2 N–H and O–H groups in total. The van der Waals surface area contributed by atoms with E-state index in [0.717, 1.165) is 0 Å². The molecule has 0 spiro atoms. The molecule has 112 valence electrons. The number of hydrogen-bond acceptors (Lipinski definition) is 3. The van der Waals surface area contributed by atoms with Crippen molar-refractivity contribution >= 4 is 16.0 Å². The fraction of sp³-hybridized carbons (Fsp3) is 0.900. The third kappa shape index (κ3) is 6.24. The largest absolute Gasteiger partial charge is 0.481 e. The fourth-order valence-electron chi connectivity index (χ4n) is 2.09. The number of aliphatic carboxylic acids is 1. The number of hydrogen-bond donors (Lipinski definition) is 2. The van der Waals surface area contributed by atoms with E-state index in [1.807, 2.05) is 0 Å². The smallest absolute Gasteiger partial charge is 0.389 e. The molecule has 0 aromatic carbocycles. The number of carbonyl (C=O) groups is 1. The first-order chi connectivity index (χ1) is 8.59. The molecule has 0 radical (unpaired) electrons. The Bertz CT molecular complexity index is 421. The molecule has 1 aliphatic rings. The summed E-state index contributed by atoms with van der Waals surface area (Å²) in [5.74, 6) is -2.15. The Morgan fingerprint density at radius 2 is 1.95 bits per heavy atom. The van der Waals surface area contributed by atoms with Gasteiger partial charge in [0.25, 0.3) is 0 Å². The summed E-state index contributed by atoms with van der Waals surface area (Å²) in [6.07, 6.45) is -5.03. The predicted octanol–water partition coefficient (Wildman–Crippen LogP) is 1.50. The van der Waals surface area contributed by atoms with E-state index < -0.39 is 52.7 Å². The molecule has 0 aromatic rings. The summed E-state index contributed by atoms with van der Waals surface area (Å²) in [6.45, 7) is 0. The van der Waals surface area contributed by atoms with E-state index in [-0.39, 0.29) is 6.42 Å². The zero-order valence-corrected chi connectivity index (χ0v) is 10.9. The lowest BCUT2D eigenvalue weighted by Crippen LogP contribution is -2.35. The first-order valence-corrected chi connectivity index (χ1v) is 7.54. The van der Waals surface area contributed by atoms with Crippen LogP contribution in [0, 0.1) is 5.92 Å². The van der Waals surface area contributed by atoms with Crippen LogP contribution in [0.15, 0.2) is 0 Å². The predicted molar refractivity (Wildman–Crippen MR) is 61.0 cm³/mol. The Kier molecular flexibility index (Phi) is 5.19. The zero-order valence-electron chi connectivity index (χ0n) is 10.1. The van der Waals surface area contributed by atoms with Gasteiger partial charge in [0.05, 0.1) is 11.7 Å². The van der Waals surface area contributed by atoms with Gasteiger partial charge in [-0.05, 0) is 25.7 Å². The molecule has 19 heavy (non-hydrogen) atoms. The minimum absolute atomic E-state index is 0.188. The van der Waals surface area contributed by atoms with Gasteiger partial charge < -0.3 is 5.11 Å². The van der Waals surface area contributed by atoms with Crippen LogP contribution < -0.4 is 4.72 Å². The van der Waals surface area contributed by atoms with Crippen molar-refractivity contribution in [3.63, 3.8) is 0 Å². The van der Waals surface area contributed by atoms with E-state index in [1.54, 1.807) is 0 Å². The third-order valence-corrected chi connectivity index (χ3v) is 4.52. The molecule has 0 heterocycles. The summed E-state index contributed by atoms with van der Waals surface area (Å²) in [6, 6.07) is -0.489. The van der Waals surface area contributed by atoms with Crippen LogP contribution in [0.5, 0.6) is 0 Å². The molecule has 9 heteroatoms. The minimum Gasteiger partial charge on any atom is -0.481 e. The summed E-state index contributed by atoms with van der Waals surface area (Å²) >= 11 is 0. The normalized spacial score (nSPS) is 24.6. The van der Waals surface area contributed by atoms with Crippen LogP contribution in [0.3, 0.4) is 0 Å². The van der Waals surface area contributed by atoms with Crippen molar-refractivity contribution in [1.29, 1.82) is 0 Å². The molecular weight excluding hydrogens is 287 g/mol. The highest BCUT2D eigenvalue weighted by molar-refractivity contribution is 7.89. The van der Waals surface area contributed by atoms with Gasteiger partial charge in [0.15, 0.2) is 0 Å². The van der Waals surface area contributed by atoms with Crippen LogP contribution in [0.4, 0.5) is 13.2 Å². The molecule has 2 atom stereocenters. The van der Waals surface area contributed by atoms with Gasteiger partial charge in [0.2, 0.25) is 10.0 Å².